The number of carbonyl (C=O) groups is 3. The van der Waals surface area contributed by atoms with Crippen molar-refractivity contribution in [3.63, 3.8) is 0 Å². The molecule has 1 atom stereocenters. The standard InChI is InChI=1S/C51H98O6/c1-6-7-8-9-10-11-12-13-17-20-26-31-36-41-49(52)55-44-48(57-51(54)43-38-33-28-23-22-25-30-35-40-47(4)5)45-56-50(53)42-37-32-27-21-18-15-14-16-19-24-29-34-39-46(2)3/h46-48H,6-45H2,1-5H3/t48-/m0/s1. The Balaban J connectivity index is 4.30. The highest BCUT2D eigenvalue weighted by molar-refractivity contribution is 5.71. The van der Waals surface area contributed by atoms with E-state index in [0.717, 1.165) is 69.6 Å². The third kappa shape index (κ3) is 45.3. The largest absolute Gasteiger partial charge is 0.462 e. The third-order valence-electron chi connectivity index (χ3n) is 11.5. The number of ether oxygens (including phenoxy) is 3. The molecule has 0 aromatic carbocycles. The van der Waals surface area contributed by atoms with Gasteiger partial charge in [-0.05, 0) is 31.1 Å². The summed E-state index contributed by atoms with van der Waals surface area (Å²) in [5.41, 5.74) is 0. The number of hydrogen-bond donors (Lipinski definition) is 0. The molecule has 6 nitrogen and oxygen atoms in total. The molecule has 0 radical (unpaired) electrons. The fraction of sp³-hybridized carbons (Fsp3) is 0.941. The van der Waals surface area contributed by atoms with E-state index >= 15 is 0 Å². The summed E-state index contributed by atoms with van der Waals surface area (Å²) < 4.78 is 16.8. The van der Waals surface area contributed by atoms with Gasteiger partial charge in [-0.15, -0.1) is 0 Å². The van der Waals surface area contributed by atoms with E-state index in [4.69, 9.17) is 14.2 Å². The minimum atomic E-state index is -0.761. The van der Waals surface area contributed by atoms with E-state index in [2.05, 4.69) is 34.6 Å². The van der Waals surface area contributed by atoms with Gasteiger partial charge in [-0.25, -0.2) is 0 Å². The van der Waals surface area contributed by atoms with Crippen LogP contribution in [0.4, 0.5) is 0 Å². The fourth-order valence-electron chi connectivity index (χ4n) is 7.64. The first-order valence-electron chi connectivity index (χ1n) is 25.2. The Labute approximate surface area is 355 Å². The summed E-state index contributed by atoms with van der Waals surface area (Å²) in [6, 6.07) is 0. The summed E-state index contributed by atoms with van der Waals surface area (Å²) >= 11 is 0. The van der Waals surface area contributed by atoms with Crippen molar-refractivity contribution in [2.24, 2.45) is 11.8 Å². The molecule has 0 aromatic rings. The van der Waals surface area contributed by atoms with Crippen LogP contribution in [0, 0.1) is 11.8 Å². The molecule has 0 fully saturated rings. The Morgan fingerprint density at radius 2 is 0.579 bits per heavy atom. The maximum atomic E-state index is 12.7. The van der Waals surface area contributed by atoms with Gasteiger partial charge in [-0.1, -0.05) is 240 Å². The Morgan fingerprint density at radius 1 is 0.333 bits per heavy atom. The van der Waals surface area contributed by atoms with E-state index in [-0.39, 0.29) is 31.1 Å². The SMILES string of the molecule is CCCCCCCCCCCCCCCC(=O)OC[C@@H](COC(=O)CCCCCCCCCCCCCCC(C)C)OC(=O)CCCCCCCCCCC(C)C. The van der Waals surface area contributed by atoms with Gasteiger partial charge < -0.3 is 14.2 Å². The predicted octanol–water partition coefficient (Wildman–Crippen LogP) is 16.1. The third-order valence-corrected chi connectivity index (χ3v) is 11.5. The van der Waals surface area contributed by atoms with Gasteiger partial charge in [0.15, 0.2) is 6.10 Å². The van der Waals surface area contributed by atoms with Crippen LogP contribution in [0.2, 0.25) is 0 Å². The maximum Gasteiger partial charge on any atom is 0.306 e. The van der Waals surface area contributed by atoms with E-state index in [1.54, 1.807) is 0 Å². The molecule has 0 heterocycles. The van der Waals surface area contributed by atoms with Crippen LogP contribution in [0.15, 0.2) is 0 Å². The number of rotatable bonds is 45. The maximum absolute atomic E-state index is 12.7. The van der Waals surface area contributed by atoms with Crippen molar-refractivity contribution in [1.29, 1.82) is 0 Å². The minimum Gasteiger partial charge on any atom is -0.462 e. The Kier molecular flexibility index (Phi) is 42.7. The lowest BCUT2D eigenvalue weighted by atomic mass is 10.0. The van der Waals surface area contributed by atoms with Gasteiger partial charge >= 0.3 is 17.9 Å². The molecule has 0 N–H and O–H groups in total. The lowest BCUT2D eigenvalue weighted by molar-refractivity contribution is -0.167. The van der Waals surface area contributed by atoms with Crippen LogP contribution in [-0.4, -0.2) is 37.2 Å². The average molecular weight is 807 g/mol. The van der Waals surface area contributed by atoms with Gasteiger partial charge in [0, 0.05) is 19.3 Å². The van der Waals surface area contributed by atoms with Crippen LogP contribution in [-0.2, 0) is 28.6 Å². The molecule has 0 bridgehead atoms. The molecule has 0 aromatic heterocycles. The smallest absolute Gasteiger partial charge is 0.306 e. The van der Waals surface area contributed by atoms with Crippen LogP contribution in [0.5, 0.6) is 0 Å². The summed E-state index contributed by atoms with van der Waals surface area (Å²) in [6.07, 6.45) is 43.7. The molecular weight excluding hydrogens is 709 g/mol. The number of hydrogen-bond acceptors (Lipinski definition) is 6. The van der Waals surface area contributed by atoms with E-state index in [9.17, 15) is 14.4 Å². The molecule has 0 aliphatic heterocycles. The Bertz CT molecular complexity index is 870. The Morgan fingerprint density at radius 3 is 0.860 bits per heavy atom. The van der Waals surface area contributed by atoms with E-state index < -0.39 is 6.10 Å². The van der Waals surface area contributed by atoms with Gasteiger partial charge in [0.05, 0.1) is 0 Å². The van der Waals surface area contributed by atoms with Crippen molar-refractivity contribution in [1.82, 2.24) is 0 Å². The molecule has 0 aliphatic carbocycles. The molecular formula is C51H98O6. The molecule has 0 saturated carbocycles. The molecule has 0 unspecified atom stereocenters. The number of carbonyl (C=O) groups excluding carboxylic acids is 3. The van der Waals surface area contributed by atoms with Crippen LogP contribution >= 0.6 is 0 Å². The lowest BCUT2D eigenvalue weighted by Crippen LogP contribution is -2.30. The molecule has 338 valence electrons. The first-order valence-corrected chi connectivity index (χ1v) is 25.2. The highest BCUT2D eigenvalue weighted by Crippen LogP contribution is 2.17. The van der Waals surface area contributed by atoms with Crippen LogP contribution in [0.3, 0.4) is 0 Å². The molecule has 0 saturated heterocycles. The van der Waals surface area contributed by atoms with Crippen LogP contribution < -0.4 is 0 Å². The van der Waals surface area contributed by atoms with Gasteiger partial charge in [0.25, 0.3) is 0 Å². The number of unbranched alkanes of at least 4 members (excludes halogenated alkanes) is 30. The fourth-order valence-corrected chi connectivity index (χ4v) is 7.64. The summed E-state index contributed by atoms with van der Waals surface area (Å²) in [5, 5.41) is 0. The normalized spacial score (nSPS) is 12.1. The van der Waals surface area contributed by atoms with Crippen LogP contribution in [0.1, 0.15) is 279 Å². The summed E-state index contributed by atoms with van der Waals surface area (Å²) in [5.74, 6) is 0.776. The van der Waals surface area contributed by atoms with Gasteiger partial charge in [0.2, 0.25) is 0 Å². The highest BCUT2D eigenvalue weighted by Gasteiger charge is 2.19. The van der Waals surface area contributed by atoms with Crippen molar-refractivity contribution in [3.05, 3.63) is 0 Å². The van der Waals surface area contributed by atoms with Crippen molar-refractivity contribution in [2.75, 3.05) is 13.2 Å². The zero-order valence-electron chi connectivity index (χ0n) is 39.0. The van der Waals surface area contributed by atoms with Crippen molar-refractivity contribution in [2.45, 2.75) is 285 Å². The highest BCUT2D eigenvalue weighted by atomic mass is 16.6. The van der Waals surface area contributed by atoms with Gasteiger partial charge in [0.1, 0.15) is 13.2 Å². The second kappa shape index (κ2) is 44.0. The van der Waals surface area contributed by atoms with Crippen molar-refractivity contribution >= 4 is 17.9 Å². The van der Waals surface area contributed by atoms with Gasteiger partial charge in [-0.3, -0.25) is 14.4 Å². The summed E-state index contributed by atoms with van der Waals surface area (Å²) in [6.45, 7) is 11.3. The molecule has 0 amide bonds. The Hall–Kier alpha value is -1.59. The van der Waals surface area contributed by atoms with E-state index in [1.807, 2.05) is 0 Å². The zero-order chi connectivity index (χ0) is 41.9. The van der Waals surface area contributed by atoms with Crippen molar-refractivity contribution in [3.8, 4) is 0 Å². The van der Waals surface area contributed by atoms with E-state index in [0.29, 0.717) is 19.3 Å². The summed E-state index contributed by atoms with van der Waals surface area (Å²) in [4.78, 5) is 37.9. The second-order valence-electron chi connectivity index (χ2n) is 18.4. The first kappa shape index (κ1) is 55.4. The predicted molar refractivity (Wildman–Crippen MR) is 243 cm³/mol. The molecule has 0 aliphatic rings. The monoisotopic (exact) mass is 807 g/mol. The lowest BCUT2D eigenvalue weighted by Gasteiger charge is -2.18. The molecule has 0 spiro atoms. The molecule has 57 heavy (non-hydrogen) atoms. The zero-order valence-corrected chi connectivity index (χ0v) is 39.0. The summed E-state index contributed by atoms with van der Waals surface area (Å²) in [7, 11) is 0. The van der Waals surface area contributed by atoms with Crippen molar-refractivity contribution < 1.29 is 28.6 Å². The number of esters is 3. The molecule has 6 heteroatoms. The first-order chi connectivity index (χ1) is 27.7. The topological polar surface area (TPSA) is 78.9 Å². The van der Waals surface area contributed by atoms with E-state index in [1.165, 1.54) is 167 Å². The quantitative estimate of drug-likeness (QED) is 0.0346. The second-order valence-corrected chi connectivity index (χ2v) is 18.4. The molecule has 0 rings (SSSR count). The average Bonchev–Trinajstić information content (AvgIpc) is 3.18. The van der Waals surface area contributed by atoms with Crippen LogP contribution in [0.25, 0.3) is 0 Å². The van der Waals surface area contributed by atoms with Gasteiger partial charge in [-0.2, -0.15) is 0 Å². The minimum absolute atomic E-state index is 0.0642.